The second-order valence-electron chi connectivity index (χ2n) is 4.55. The number of hydrogen-bond donors (Lipinski definition) is 2. The van der Waals surface area contributed by atoms with Gasteiger partial charge in [-0.25, -0.2) is 0 Å². The highest BCUT2D eigenvalue weighted by Crippen LogP contribution is 2.32. The van der Waals surface area contributed by atoms with Crippen molar-refractivity contribution in [3.05, 3.63) is 41.2 Å². The fraction of sp³-hybridized carbons (Fsp3) is 0.231. The van der Waals surface area contributed by atoms with Gasteiger partial charge in [0.05, 0.1) is 17.4 Å². The maximum absolute atomic E-state index is 12.7. The lowest BCUT2D eigenvalue weighted by atomic mass is 10.1. The van der Waals surface area contributed by atoms with Crippen molar-refractivity contribution in [3.8, 4) is 0 Å². The van der Waals surface area contributed by atoms with Crippen molar-refractivity contribution in [2.45, 2.75) is 13.1 Å². The number of nitrogen functional groups attached to an aromatic ring is 1. The van der Waals surface area contributed by atoms with Crippen LogP contribution in [-0.2, 0) is 13.2 Å². The van der Waals surface area contributed by atoms with Crippen LogP contribution in [0.15, 0.2) is 24.4 Å². The normalized spacial score (nSPS) is 11.5. The van der Waals surface area contributed by atoms with Gasteiger partial charge >= 0.3 is 6.18 Å². The number of carbonyl (C=O) groups is 1. The Kier molecular flexibility index (Phi) is 3.63. The number of aryl methyl sites for hydroxylation is 2. The van der Waals surface area contributed by atoms with Crippen molar-refractivity contribution in [2.24, 2.45) is 7.05 Å². The van der Waals surface area contributed by atoms with E-state index in [4.69, 9.17) is 5.73 Å². The Labute approximate surface area is 118 Å². The van der Waals surface area contributed by atoms with Gasteiger partial charge in [0.1, 0.15) is 5.69 Å². The molecule has 21 heavy (non-hydrogen) atoms. The molecule has 1 aromatic carbocycles. The Morgan fingerprint density at radius 1 is 1.38 bits per heavy atom. The van der Waals surface area contributed by atoms with E-state index >= 15 is 0 Å². The van der Waals surface area contributed by atoms with Gasteiger partial charge in [0, 0.05) is 12.7 Å². The molecule has 0 aliphatic rings. The average molecular weight is 298 g/mol. The summed E-state index contributed by atoms with van der Waals surface area (Å²) in [7, 11) is 1.52. The topological polar surface area (TPSA) is 72.9 Å². The highest BCUT2D eigenvalue weighted by Gasteiger charge is 2.31. The molecule has 0 radical (unpaired) electrons. The number of halogens is 3. The number of anilines is 2. The summed E-state index contributed by atoms with van der Waals surface area (Å²) >= 11 is 0. The van der Waals surface area contributed by atoms with E-state index in [9.17, 15) is 18.0 Å². The fourth-order valence-electron chi connectivity index (χ4n) is 1.85. The number of nitrogens with one attached hydrogen (secondary N) is 1. The molecule has 2 aromatic rings. The molecule has 8 heteroatoms. The third-order valence-corrected chi connectivity index (χ3v) is 3.00. The first-order valence-corrected chi connectivity index (χ1v) is 5.97. The lowest BCUT2D eigenvalue weighted by Gasteiger charge is -2.13. The van der Waals surface area contributed by atoms with Crippen molar-refractivity contribution < 1.29 is 18.0 Å². The van der Waals surface area contributed by atoms with Crippen LogP contribution >= 0.6 is 0 Å². The van der Waals surface area contributed by atoms with Gasteiger partial charge < -0.3 is 11.1 Å². The maximum Gasteiger partial charge on any atom is 0.416 e. The Balaban J connectivity index is 2.34. The van der Waals surface area contributed by atoms with Gasteiger partial charge in [-0.3, -0.25) is 9.48 Å². The molecule has 112 valence electrons. The Morgan fingerprint density at radius 3 is 2.57 bits per heavy atom. The summed E-state index contributed by atoms with van der Waals surface area (Å²) in [5.41, 5.74) is 5.61. The van der Waals surface area contributed by atoms with Gasteiger partial charge in [0.25, 0.3) is 5.91 Å². The number of carbonyl (C=O) groups excluding carboxylic acids is 1. The molecule has 0 spiro atoms. The lowest BCUT2D eigenvalue weighted by molar-refractivity contribution is -0.137. The fourth-order valence-corrected chi connectivity index (χ4v) is 1.85. The summed E-state index contributed by atoms with van der Waals surface area (Å²) < 4.78 is 39.3. The van der Waals surface area contributed by atoms with E-state index in [0.717, 1.165) is 12.1 Å². The molecule has 0 saturated carbocycles. The molecule has 1 heterocycles. The third-order valence-electron chi connectivity index (χ3n) is 3.00. The first-order chi connectivity index (χ1) is 9.70. The molecule has 5 nitrogen and oxygen atoms in total. The molecule has 1 amide bonds. The number of benzene rings is 1. The zero-order valence-corrected chi connectivity index (χ0v) is 11.3. The van der Waals surface area contributed by atoms with Crippen LogP contribution in [0.25, 0.3) is 0 Å². The van der Waals surface area contributed by atoms with E-state index in [1.54, 1.807) is 6.92 Å². The van der Waals surface area contributed by atoms with E-state index < -0.39 is 17.6 Å². The van der Waals surface area contributed by atoms with Crippen molar-refractivity contribution in [2.75, 3.05) is 11.1 Å². The minimum atomic E-state index is -4.47. The summed E-state index contributed by atoms with van der Waals surface area (Å²) in [5.74, 6) is -0.616. The summed E-state index contributed by atoms with van der Waals surface area (Å²) in [6.45, 7) is 1.60. The summed E-state index contributed by atoms with van der Waals surface area (Å²) in [6.07, 6.45) is -3.17. The van der Waals surface area contributed by atoms with Gasteiger partial charge in [0.2, 0.25) is 0 Å². The largest absolute Gasteiger partial charge is 0.416 e. The second kappa shape index (κ2) is 5.12. The van der Waals surface area contributed by atoms with Gasteiger partial charge in [-0.1, -0.05) is 6.07 Å². The molecular formula is C13H13F3N4O. The first kappa shape index (κ1) is 14.9. The number of alkyl halides is 3. The van der Waals surface area contributed by atoms with E-state index in [0.29, 0.717) is 5.56 Å². The van der Waals surface area contributed by atoms with E-state index in [1.807, 2.05) is 0 Å². The third kappa shape index (κ3) is 2.99. The molecule has 3 N–H and O–H groups in total. The number of hydrogen-bond acceptors (Lipinski definition) is 3. The molecule has 0 saturated heterocycles. The molecule has 0 aliphatic carbocycles. The molecule has 1 aromatic heterocycles. The molecule has 2 rings (SSSR count). The highest BCUT2D eigenvalue weighted by molar-refractivity contribution is 6.06. The smallest absolute Gasteiger partial charge is 0.396 e. The minimum Gasteiger partial charge on any atom is -0.396 e. The van der Waals surface area contributed by atoms with E-state index in [2.05, 4.69) is 10.4 Å². The quantitative estimate of drug-likeness (QED) is 0.895. The van der Waals surface area contributed by atoms with Crippen LogP contribution in [0.2, 0.25) is 0 Å². The Bertz CT molecular complexity index is 672. The molecule has 0 bridgehead atoms. The van der Waals surface area contributed by atoms with Gasteiger partial charge in [-0.2, -0.15) is 18.3 Å². The SMILES string of the molecule is Cc1ccc(C(F)(F)F)cc1NC(=O)c1c(N)cnn1C. The maximum atomic E-state index is 12.7. The first-order valence-electron chi connectivity index (χ1n) is 5.97. The van der Waals surface area contributed by atoms with Crippen molar-refractivity contribution >= 4 is 17.3 Å². The Morgan fingerprint density at radius 2 is 2.05 bits per heavy atom. The monoisotopic (exact) mass is 298 g/mol. The van der Waals surface area contributed by atoms with Gasteiger partial charge in [-0.15, -0.1) is 0 Å². The summed E-state index contributed by atoms with van der Waals surface area (Å²) in [5, 5.41) is 6.24. The predicted molar refractivity (Wildman–Crippen MR) is 71.8 cm³/mol. The summed E-state index contributed by atoms with van der Waals surface area (Å²) in [6, 6.07) is 3.15. The molecule has 0 atom stereocenters. The number of rotatable bonds is 2. The van der Waals surface area contributed by atoms with Gasteiger partial charge in [0.15, 0.2) is 0 Å². The van der Waals surface area contributed by atoms with Crippen LogP contribution in [0.1, 0.15) is 21.6 Å². The molecule has 0 unspecified atom stereocenters. The molecular weight excluding hydrogens is 285 g/mol. The average Bonchev–Trinajstić information content (AvgIpc) is 2.70. The molecule has 0 fully saturated rings. The van der Waals surface area contributed by atoms with Gasteiger partial charge in [-0.05, 0) is 24.6 Å². The number of aromatic nitrogens is 2. The number of amides is 1. The van der Waals surface area contributed by atoms with Crippen molar-refractivity contribution in [1.29, 1.82) is 0 Å². The summed E-state index contributed by atoms with van der Waals surface area (Å²) in [4.78, 5) is 12.1. The van der Waals surface area contributed by atoms with Crippen LogP contribution in [0.3, 0.4) is 0 Å². The van der Waals surface area contributed by atoms with E-state index in [-0.39, 0.29) is 17.1 Å². The lowest BCUT2D eigenvalue weighted by Crippen LogP contribution is -2.18. The zero-order chi connectivity index (χ0) is 15.8. The number of nitrogens with zero attached hydrogens (tertiary/aromatic N) is 2. The van der Waals surface area contributed by atoms with Crippen LogP contribution in [0.5, 0.6) is 0 Å². The standard InChI is InChI=1S/C13H13F3N4O/c1-7-3-4-8(13(14,15)16)5-10(7)19-12(21)11-9(17)6-18-20(11)2/h3-6H,17H2,1-2H3,(H,19,21). The molecule has 0 aliphatic heterocycles. The van der Waals surface area contributed by atoms with Crippen LogP contribution in [0.4, 0.5) is 24.5 Å². The highest BCUT2D eigenvalue weighted by atomic mass is 19.4. The van der Waals surface area contributed by atoms with Crippen molar-refractivity contribution in [1.82, 2.24) is 9.78 Å². The van der Waals surface area contributed by atoms with E-state index in [1.165, 1.54) is 24.0 Å². The Hall–Kier alpha value is -2.51. The number of nitrogens with two attached hydrogens (primary N) is 1. The minimum absolute atomic E-state index is 0.0791. The zero-order valence-electron chi connectivity index (χ0n) is 11.3. The van der Waals surface area contributed by atoms with Crippen LogP contribution < -0.4 is 11.1 Å². The predicted octanol–water partition coefficient (Wildman–Crippen LogP) is 2.58. The van der Waals surface area contributed by atoms with Crippen LogP contribution in [0, 0.1) is 6.92 Å². The second-order valence-corrected chi connectivity index (χ2v) is 4.55. The van der Waals surface area contributed by atoms with Crippen molar-refractivity contribution in [3.63, 3.8) is 0 Å². The van der Waals surface area contributed by atoms with Crippen LogP contribution in [-0.4, -0.2) is 15.7 Å².